The van der Waals surface area contributed by atoms with E-state index in [0.29, 0.717) is 5.92 Å². The Bertz CT molecular complexity index is 520. The highest BCUT2D eigenvalue weighted by Crippen LogP contribution is 2.47. The minimum absolute atomic E-state index is 0.0385. The van der Waals surface area contributed by atoms with Crippen LogP contribution in [0.15, 0.2) is 6.07 Å². The third-order valence-corrected chi connectivity index (χ3v) is 4.37. The van der Waals surface area contributed by atoms with Gasteiger partial charge in [-0.2, -0.15) is 0 Å². The molecule has 3 nitrogen and oxygen atoms in total. The molecule has 1 aromatic rings. The Morgan fingerprint density at radius 3 is 2.48 bits per heavy atom. The van der Waals surface area contributed by atoms with Gasteiger partial charge in [0.05, 0.1) is 14.2 Å². The van der Waals surface area contributed by atoms with Gasteiger partial charge in [0, 0.05) is 29.1 Å². The Morgan fingerprint density at radius 2 is 1.95 bits per heavy atom. The zero-order chi connectivity index (χ0) is 15.8. The van der Waals surface area contributed by atoms with Gasteiger partial charge < -0.3 is 14.8 Å². The molecule has 0 bridgehead atoms. The van der Waals surface area contributed by atoms with E-state index >= 15 is 0 Å². The smallest absolute Gasteiger partial charge is 0.127 e. The molecule has 1 heterocycles. The fourth-order valence-corrected chi connectivity index (χ4v) is 3.42. The van der Waals surface area contributed by atoms with Crippen LogP contribution in [-0.4, -0.2) is 20.8 Å². The molecule has 0 fully saturated rings. The average Bonchev–Trinajstić information content (AvgIpc) is 2.41. The summed E-state index contributed by atoms with van der Waals surface area (Å²) in [4.78, 5) is 0. The van der Waals surface area contributed by atoms with Crippen LogP contribution >= 0.6 is 0 Å². The van der Waals surface area contributed by atoms with Crippen LogP contribution in [0.5, 0.6) is 11.5 Å². The van der Waals surface area contributed by atoms with E-state index in [1.807, 2.05) is 0 Å². The van der Waals surface area contributed by atoms with Gasteiger partial charge in [-0.1, -0.05) is 27.7 Å². The second-order valence-electron chi connectivity index (χ2n) is 7.14. The minimum Gasteiger partial charge on any atom is -0.496 e. The summed E-state index contributed by atoms with van der Waals surface area (Å²) < 4.78 is 11.5. The predicted octanol–water partition coefficient (Wildman–Crippen LogP) is 3.84. The molecule has 0 aliphatic carbocycles. The van der Waals surface area contributed by atoms with E-state index in [1.54, 1.807) is 14.2 Å². The fraction of sp³-hybridized carbons (Fsp3) is 0.667. The predicted molar refractivity (Wildman–Crippen MR) is 87.5 cm³/mol. The number of hydrogen-bond acceptors (Lipinski definition) is 3. The van der Waals surface area contributed by atoms with E-state index in [4.69, 9.17) is 9.47 Å². The number of benzene rings is 1. The molecule has 118 valence electrons. The number of hydrogen-bond donors (Lipinski definition) is 1. The molecule has 1 aliphatic heterocycles. The number of ether oxygens (including phenoxy) is 2. The molecule has 0 amide bonds. The second-order valence-corrected chi connectivity index (χ2v) is 7.14. The Balaban J connectivity index is 2.73. The van der Waals surface area contributed by atoms with Gasteiger partial charge in [-0.25, -0.2) is 0 Å². The van der Waals surface area contributed by atoms with Crippen molar-refractivity contribution in [3.63, 3.8) is 0 Å². The molecule has 1 atom stereocenters. The zero-order valence-electron chi connectivity index (χ0n) is 14.5. The SMILES string of the molecule is COc1cc(CC(C)C)c(OC)c2c1C(C)(C)CNC2C. The molecule has 1 N–H and O–H groups in total. The molecule has 1 aromatic carbocycles. The van der Waals surface area contributed by atoms with E-state index < -0.39 is 0 Å². The molecule has 2 rings (SSSR count). The van der Waals surface area contributed by atoms with Crippen LogP contribution in [0.1, 0.15) is 57.4 Å². The molecular formula is C18H29NO2. The highest BCUT2D eigenvalue weighted by atomic mass is 16.5. The van der Waals surface area contributed by atoms with Crippen LogP contribution in [0.3, 0.4) is 0 Å². The molecule has 3 heteroatoms. The lowest BCUT2D eigenvalue weighted by Gasteiger charge is -2.39. The van der Waals surface area contributed by atoms with Gasteiger partial charge in [0.1, 0.15) is 11.5 Å². The van der Waals surface area contributed by atoms with Crippen LogP contribution in [0.25, 0.3) is 0 Å². The van der Waals surface area contributed by atoms with Gasteiger partial charge in [-0.05, 0) is 30.9 Å². The van der Waals surface area contributed by atoms with Gasteiger partial charge >= 0.3 is 0 Å². The molecule has 1 unspecified atom stereocenters. The molecule has 0 saturated carbocycles. The molecule has 0 radical (unpaired) electrons. The first-order valence-electron chi connectivity index (χ1n) is 7.83. The van der Waals surface area contributed by atoms with Crippen LogP contribution < -0.4 is 14.8 Å². The number of methoxy groups -OCH3 is 2. The van der Waals surface area contributed by atoms with Gasteiger partial charge in [0.15, 0.2) is 0 Å². The Morgan fingerprint density at radius 1 is 1.29 bits per heavy atom. The zero-order valence-corrected chi connectivity index (χ0v) is 14.5. The lowest BCUT2D eigenvalue weighted by molar-refractivity contribution is 0.333. The monoisotopic (exact) mass is 291 g/mol. The van der Waals surface area contributed by atoms with Gasteiger partial charge in [0.2, 0.25) is 0 Å². The van der Waals surface area contributed by atoms with E-state index in [1.165, 1.54) is 16.7 Å². The highest BCUT2D eigenvalue weighted by molar-refractivity contribution is 5.59. The van der Waals surface area contributed by atoms with Crippen molar-refractivity contribution in [1.29, 1.82) is 0 Å². The molecule has 21 heavy (non-hydrogen) atoms. The van der Waals surface area contributed by atoms with Crippen molar-refractivity contribution in [1.82, 2.24) is 5.32 Å². The number of nitrogens with one attached hydrogen (secondary N) is 1. The summed E-state index contributed by atoms with van der Waals surface area (Å²) in [6.45, 7) is 12.1. The van der Waals surface area contributed by atoms with E-state index in [0.717, 1.165) is 24.5 Å². The van der Waals surface area contributed by atoms with Gasteiger partial charge in [0.25, 0.3) is 0 Å². The normalized spacial score (nSPS) is 20.3. The van der Waals surface area contributed by atoms with E-state index in [2.05, 4.69) is 46.0 Å². The van der Waals surface area contributed by atoms with Crippen LogP contribution in [-0.2, 0) is 11.8 Å². The summed E-state index contributed by atoms with van der Waals surface area (Å²) in [7, 11) is 3.55. The van der Waals surface area contributed by atoms with Crippen molar-refractivity contribution in [2.24, 2.45) is 5.92 Å². The average molecular weight is 291 g/mol. The highest BCUT2D eigenvalue weighted by Gasteiger charge is 2.37. The summed E-state index contributed by atoms with van der Waals surface area (Å²) >= 11 is 0. The summed E-state index contributed by atoms with van der Waals surface area (Å²) in [5, 5.41) is 3.60. The molecular weight excluding hydrogens is 262 g/mol. The first-order valence-corrected chi connectivity index (χ1v) is 7.83. The van der Waals surface area contributed by atoms with Crippen molar-refractivity contribution >= 4 is 0 Å². The molecule has 0 aromatic heterocycles. The first kappa shape index (κ1) is 16.2. The topological polar surface area (TPSA) is 30.5 Å². The number of rotatable bonds is 4. The van der Waals surface area contributed by atoms with Crippen LogP contribution in [0, 0.1) is 5.92 Å². The van der Waals surface area contributed by atoms with E-state index in [-0.39, 0.29) is 11.5 Å². The van der Waals surface area contributed by atoms with Crippen molar-refractivity contribution in [3.05, 3.63) is 22.8 Å². The van der Waals surface area contributed by atoms with Gasteiger partial charge in [-0.3, -0.25) is 0 Å². The summed E-state index contributed by atoms with van der Waals surface area (Å²) in [5.41, 5.74) is 3.84. The summed E-state index contributed by atoms with van der Waals surface area (Å²) in [5.74, 6) is 2.62. The largest absolute Gasteiger partial charge is 0.496 e. The third kappa shape index (κ3) is 2.89. The second kappa shape index (κ2) is 5.88. The van der Waals surface area contributed by atoms with Crippen molar-refractivity contribution < 1.29 is 9.47 Å². The van der Waals surface area contributed by atoms with Crippen molar-refractivity contribution in [2.45, 2.75) is 52.5 Å². The summed E-state index contributed by atoms with van der Waals surface area (Å²) in [6, 6.07) is 2.46. The summed E-state index contributed by atoms with van der Waals surface area (Å²) in [6.07, 6.45) is 1.000. The molecule has 0 saturated heterocycles. The van der Waals surface area contributed by atoms with Crippen molar-refractivity contribution in [2.75, 3.05) is 20.8 Å². The maximum Gasteiger partial charge on any atom is 0.127 e. The number of fused-ring (bicyclic) bond motifs is 1. The Kier molecular flexibility index (Phi) is 4.52. The quantitative estimate of drug-likeness (QED) is 0.914. The first-order chi connectivity index (χ1) is 9.81. The van der Waals surface area contributed by atoms with Crippen LogP contribution in [0.4, 0.5) is 0 Å². The van der Waals surface area contributed by atoms with Crippen molar-refractivity contribution in [3.8, 4) is 11.5 Å². The van der Waals surface area contributed by atoms with Gasteiger partial charge in [-0.15, -0.1) is 0 Å². The Labute approximate surface area is 129 Å². The van der Waals surface area contributed by atoms with E-state index in [9.17, 15) is 0 Å². The lowest BCUT2D eigenvalue weighted by Crippen LogP contribution is -2.41. The molecule has 1 aliphatic rings. The fourth-order valence-electron chi connectivity index (χ4n) is 3.42. The standard InChI is InChI=1S/C18H29NO2/c1-11(2)8-13-9-14(20-6)16-15(17(13)21-7)12(3)19-10-18(16,4)5/h9,11-12,19H,8,10H2,1-7H3. The Hall–Kier alpha value is -1.22. The maximum atomic E-state index is 5.81. The maximum absolute atomic E-state index is 5.81. The third-order valence-electron chi connectivity index (χ3n) is 4.37. The van der Waals surface area contributed by atoms with Crippen LogP contribution in [0.2, 0.25) is 0 Å². The lowest BCUT2D eigenvalue weighted by atomic mass is 9.75. The molecule has 0 spiro atoms. The minimum atomic E-state index is 0.0385.